The minimum Gasteiger partial charge on any atom is -0.464 e. The highest BCUT2D eigenvalue weighted by Gasteiger charge is 2.17. The number of hydrogen-bond donors (Lipinski definition) is 1. The summed E-state index contributed by atoms with van der Waals surface area (Å²) in [7, 11) is 1.13. The van der Waals surface area contributed by atoms with Gasteiger partial charge >= 0.3 is 5.97 Å². The summed E-state index contributed by atoms with van der Waals surface area (Å²) in [5, 5.41) is 0.423. The number of carbonyl (C=O) groups is 1. The van der Waals surface area contributed by atoms with Gasteiger partial charge in [0, 0.05) is 17.1 Å². The minimum atomic E-state index is -0.883. The second-order valence-corrected chi connectivity index (χ2v) is 3.52. The zero-order valence-electron chi connectivity index (χ0n) is 9.20. The lowest BCUT2D eigenvalue weighted by Crippen LogP contribution is -2.13. The smallest absolute Gasteiger partial charge is 0.359 e. The number of methoxy groups -OCH3 is 1. The molecular formula is C11H9FN2O3. The molecule has 2 aromatic heterocycles. The Bertz CT molecular complexity index is 664. The zero-order valence-corrected chi connectivity index (χ0v) is 9.20. The second kappa shape index (κ2) is 3.97. The van der Waals surface area contributed by atoms with Gasteiger partial charge in [-0.2, -0.15) is 0 Å². The normalized spacial score (nSPS) is 10.5. The molecular weight excluding hydrogens is 227 g/mol. The molecule has 2 rings (SSSR count). The number of esters is 1. The molecule has 0 aliphatic carbocycles. The van der Waals surface area contributed by atoms with Gasteiger partial charge in [0.1, 0.15) is 0 Å². The number of aromatic amines is 1. The maximum absolute atomic E-state index is 13.9. The van der Waals surface area contributed by atoms with Crippen molar-refractivity contribution in [3.8, 4) is 0 Å². The first-order chi connectivity index (χ1) is 8.04. The number of aromatic nitrogens is 2. The number of carbonyl (C=O) groups excluding carboxylic acids is 1. The van der Waals surface area contributed by atoms with E-state index in [1.54, 1.807) is 6.92 Å². The number of pyridine rings is 2. The minimum absolute atomic E-state index is 0.0454. The van der Waals surface area contributed by atoms with Crippen LogP contribution in [0.1, 0.15) is 16.1 Å². The Kier molecular flexibility index (Phi) is 2.63. The predicted octanol–water partition coefficient (Wildman–Crippen LogP) is 1.16. The third kappa shape index (κ3) is 1.77. The van der Waals surface area contributed by atoms with E-state index < -0.39 is 23.0 Å². The van der Waals surface area contributed by atoms with E-state index in [1.165, 1.54) is 12.3 Å². The Morgan fingerprint density at radius 1 is 1.53 bits per heavy atom. The van der Waals surface area contributed by atoms with Gasteiger partial charge < -0.3 is 9.72 Å². The van der Waals surface area contributed by atoms with Gasteiger partial charge in [0.25, 0.3) is 5.56 Å². The summed E-state index contributed by atoms with van der Waals surface area (Å²) >= 11 is 0. The highest BCUT2D eigenvalue weighted by Crippen LogP contribution is 2.16. The molecule has 88 valence electrons. The third-order valence-corrected chi connectivity index (χ3v) is 2.40. The maximum atomic E-state index is 13.9. The molecule has 0 saturated carbocycles. The van der Waals surface area contributed by atoms with Crippen molar-refractivity contribution >= 4 is 16.9 Å². The Hall–Kier alpha value is -2.24. The molecule has 17 heavy (non-hydrogen) atoms. The van der Waals surface area contributed by atoms with Crippen LogP contribution in [-0.4, -0.2) is 23.0 Å². The fourth-order valence-electron chi connectivity index (χ4n) is 1.49. The van der Waals surface area contributed by atoms with Crippen molar-refractivity contribution in [3.63, 3.8) is 0 Å². The molecule has 1 N–H and O–H groups in total. The number of fused-ring (bicyclic) bond motifs is 1. The highest BCUT2D eigenvalue weighted by molar-refractivity contribution is 5.92. The van der Waals surface area contributed by atoms with Crippen molar-refractivity contribution in [2.75, 3.05) is 7.11 Å². The largest absolute Gasteiger partial charge is 0.464 e. The number of nitrogens with zero attached hydrogens (tertiary/aromatic N) is 1. The van der Waals surface area contributed by atoms with Gasteiger partial charge in [-0.15, -0.1) is 0 Å². The van der Waals surface area contributed by atoms with Crippen molar-refractivity contribution in [2.45, 2.75) is 6.92 Å². The molecule has 6 heteroatoms. The predicted molar refractivity (Wildman–Crippen MR) is 58.4 cm³/mol. The number of aryl methyl sites for hydroxylation is 1. The molecule has 0 radical (unpaired) electrons. The Morgan fingerprint density at radius 2 is 2.24 bits per heavy atom. The number of hydrogen-bond acceptors (Lipinski definition) is 4. The summed E-state index contributed by atoms with van der Waals surface area (Å²) in [5.74, 6) is -1.77. The molecule has 0 amide bonds. The average Bonchev–Trinajstić information content (AvgIpc) is 2.31. The quantitative estimate of drug-likeness (QED) is 0.754. The molecule has 5 nitrogen and oxygen atoms in total. The summed E-state index contributed by atoms with van der Waals surface area (Å²) in [6, 6.07) is 1.51. The van der Waals surface area contributed by atoms with Crippen LogP contribution in [0.3, 0.4) is 0 Å². The summed E-state index contributed by atoms with van der Waals surface area (Å²) in [5.41, 5.74) is -0.446. The fourth-order valence-corrected chi connectivity index (χ4v) is 1.49. The van der Waals surface area contributed by atoms with E-state index in [0.717, 1.165) is 7.11 Å². The van der Waals surface area contributed by atoms with E-state index in [9.17, 15) is 14.0 Å². The van der Waals surface area contributed by atoms with Crippen molar-refractivity contribution in [1.29, 1.82) is 0 Å². The summed E-state index contributed by atoms with van der Waals surface area (Å²) in [6.45, 7) is 1.60. The summed E-state index contributed by atoms with van der Waals surface area (Å²) in [6.07, 6.45) is 1.31. The van der Waals surface area contributed by atoms with Gasteiger partial charge in [0.2, 0.25) is 0 Å². The molecule has 2 heterocycles. The van der Waals surface area contributed by atoms with E-state index in [-0.39, 0.29) is 5.52 Å². The number of rotatable bonds is 1. The van der Waals surface area contributed by atoms with Crippen LogP contribution >= 0.6 is 0 Å². The van der Waals surface area contributed by atoms with Crippen LogP contribution in [0, 0.1) is 12.7 Å². The van der Waals surface area contributed by atoms with E-state index in [0.29, 0.717) is 10.9 Å². The number of H-pyrrole nitrogens is 1. The van der Waals surface area contributed by atoms with Gasteiger partial charge in [-0.1, -0.05) is 0 Å². The van der Waals surface area contributed by atoms with Gasteiger partial charge in [-0.05, 0) is 13.0 Å². The Balaban J connectivity index is 2.80. The average molecular weight is 236 g/mol. The lowest BCUT2D eigenvalue weighted by molar-refractivity contribution is 0.0588. The van der Waals surface area contributed by atoms with Crippen LogP contribution in [0.2, 0.25) is 0 Å². The van der Waals surface area contributed by atoms with Gasteiger partial charge in [-0.3, -0.25) is 4.79 Å². The molecule has 0 bridgehead atoms. The fraction of sp³-hybridized carbons (Fsp3) is 0.182. The highest BCUT2D eigenvalue weighted by atomic mass is 19.1. The Labute approximate surface area is 95.2 Å². The lowest BCUT2D eigenvalue weighted by Gasteiger charge is -2.04. The Morgan fingerprint density at radius 3 is 2.88 bits per heavy atom. The molecule has 2 aromatic rings. The first-order valence-electron chi connectivity index (χ1n) is 4.81. The van der Waals surface area contributed by atoms with E-state index in [1.807, 2.05) is 0 Å². The van der Waals surface area contributed by atoms with Crippen molar-refractivity contribution in [2.24, 2.45) is 0 Å². The molecule has 0 unspecified atom stereocenters. The van der Waals surface area contributed by atoms with Gasteiger partial charge in [0.15, 0.2) is 11.5 Å². The molecule has 0 aromatic carbocycles. The third-order valence-electron chi connectivity index (χ3n) is 2.40. The molecule has 0 atom stereocenters. The lowest BCUT2D eigenvalue weighted by atomic mass is 10.2. The van der Waals surface area contributed by atoms with Crippen LogP contribution < -0.4 is 5.56 Å². The molecule has 0 aliphatic rings. The summed E-state index contributed by atoms with van der Waals surface area (Å²) < 4.78 is 18.3. The number of ether oxygens (including phenoxy) is 1. The van der Waals surface area contributed by atoms with E-state index in [4.69, 9.17) is 0 Å². The number of nitrogens with one attached hydrogen (secondary N) is 1. The van der Waals surface area contributed by atoms with Gasteiger partial charge in [-0.25, -0.2) is 14.2 Å². The molecule has 0 spiro atoms. The van der Waals surface area contributed by atoms with Crippen LogP contribution in [0.15, 0.2) is 17.1 Å². The van der Waals surface area contributed by atoms with E-state index in [2.05, 4.69) is 14.7 Å². The van der Waals surface area contributed by atoms with Gasteiger partial charge in [0.05, 0.1) is 12.6 Å². The van der Waals surface area contributed by atoms with Crippen molar-refractivity contribution in [1.82, 2.24) is 9.97 Å². The topological polar surface area (TPSA) is 72.0 Å². The first-order valence-corrected chi connectivity index (χ1v) is 4.81. The number of halogens is 1. The molecule has 0 fully saturated rings. The standard InChI is InChI=1S/C11H9FN2O3/c1-5-3-6-4-13-9(11(16)17-2)7(12)8(6)14-10(5)15/h3-4H,1-2H3,(H,14,15). The monoisotopic (exact) mass is 236 g/mol. The second-order valence-electron chi connectivity index (χ2n) is 3.52. The molecule has 0 aliphatic heterocycles. The zero-order chi connectivity index (χ0) is 12.6. The van der Waals surface area contributed by atoms with Crippen molar-refractivity contribution < 1.29 is 13.9 Å². The van der Waals surface area contributed by atoms with Crippen LogP contribution in [0.5, 0.6) is 0 Å². The summed E-state index contributed by atoms with van der Waals surface area (Å²) in [4.78, 5) is 28.6. The van der Waals surface area contributed by atoms with Crippen LogP contribution in [-0.2, 0) is 4.74 Å². The SMILES string of the molecule is COC(=O)c1ncc2cc(C)c(=O)[nH]c2c1F. The van der Waals surface area contributed by atoms with Crippen LogP contribution in [0.4, 0.5) is 4.39 Å². The maximum Gasteiger partial charge on any atom is 0.359 e. The van der Waals surface area contributed by atoms with Crippen LogP contribution in [0.25, 0.3) is 10.9 Å². The first kappa shape index (κ1) is 11.3. The van der Waals surface area contributed by atoms with E-state index >= 15 is 0 Å². The van der Waals surface area contributed by atoms with Crippen molar-refractivity contribution in [3.05, 3.63) is 39.7 Å². The molecule has 0 saturated heterocycles.